The highest BCUT2D eigenvalue weighted by molar-refractivity contribution is 6.32. The second-order valence-corrected chi connectivity index (χ2v) is 5.75. The molecule has 0 spiro atoms. The van der Waals surface area contributed by atoms with E-state index in [1.54, 1.807) is 36.4 Å². The minimum atomic E-state index is -1.05. The van der Waals surface area contributed by atoms with Crippen LogP contribution in [-0.2, 0) is 4.79 Å². The van der Waals surface area contributed by atoms with Crippen LogP contribution >= 0.6 is 0 Å². The van der Waals surface area contributed by atoms with Crippen LogP contribution in [0.15, 0.2) is 59.7 Å². The van der Waals surface area contributed by atoms with Crippen molar-refractivity contribution in [2.45, 2.75) is 0 Å². The van der Waals surface area contributed by atoms with Crippen molar-refractivity contribution in [1.82, 2.24) is 5.32 Å². The van der Waals surface area contributed by atoms with E-state index in [0.717, 1.165) is 0 Å². The molecule has 0 unspecified atom stereocenters. The van der Waals surface area contributed by atoms with Gasteiger partial charge < -0.3 is 16.2 Å². The van der Waals surface area contributed by atoms with Gasteiger partial charge in [0, 0.05) is 11.1 Å². The summed E-state index contributed by atoms with van der Waals surface area (Å²) in [6, 6.07) is 12.8. The molecule has 122 valence electrons. The van der Waals surface area contributed by atoms with E-state index >= 15 is 0 Å². The molecule has 0 bridgehead atoms. The molecular weight excluding hydrogens is 320 g/mol. The lowest BCUT2D eigenvalue weighted by atomic mass is 9.84. The largest absolute Gasteiger partial charge is 0.478 e. The molecule has 25 heavy (non-hydrogen) atoms. The Morgan fingerprint density at radius 3 is 2.20 bits per heavy atom. The molecule has 0 fully saturated rings. The van der Waals surface area contributed by atoms with Crippen LogP contribution in [0.3, 0.4) is 0 Å². The SMILES string of the molecule is NC1=C2C(=O)NC(c3ccc(C(=O)O)cc3)=C2C(=O)c2ccccc21. The lowest BCUT2D eigenvalue weighted by molar-refractivity contribution is -0.115. The number of carbonyl (C=O) groups is 3. The Kier molecular flexibility index (Phi) is 3.08. The Morgan fingerprint density at radius 1 is 0.920 bits per heavy atom. The Morgan fingerprint density at radius 2 is 1.56 bits per heavy atom. The molecule has 0 saturated heterocycles. The van der Waals surface area contributed by atoms with Crippen molar-refractivity contribution in [3.05, 3.63) is 81.9 Å². The first-order valence-electron chi connectivity index (χ1n) is 7.52. The molecule has 0 saturated carbocycles. The number of rotatable bonds is 2. The van der Waals surface area contributed by atoms with E-state index < -0.39 is 11.9 Å². The third-order valence-corrected chi connectivity index (χ3v) is 4.34. The number of fused-ring (bicyclic) bond motifs is 2. The zero-order chi connectivity index (χ0) is 17.7. The van der Waals surface area contributed by atoms with Gasteiger partial charge in [-0.1, -0.05) is 36.4 Å². The Labute approximate surface area is 142 Å². The molecular formula is C19H12N2O4. The van der Waals surface area contributed by atoms with Crippen LogP contribution in [-0.4, -0.2) is 22.8 Å². The lowest BCUT2D eigenvalue weighted by Crippen LogP contribution is -2.22. The third kappa shape index (κ3) is 2.08. The van der Waals surface area contributed by atoms with Gasteiger partial charge in [-0.2, -0.15) is 0 Å². The van der Waals surface area contributed by atoms with E-state index in [1.807, 2.05) is 0 Å². The molecule has 1 amide bonds. The Hall–Kier alpha value is -3.67. The summed E-state index contributed by atoms with van der Waals surface area (Å²) in [4.78, 5) is 36.3. The highest BCUT2D eigenvalue weighted by atomic mass is 16.4. The number of carboxylic acids is 1. The average Bonchev–Trinajstić information content (AvgIpc) is 2.97. The molecule has 0 aromatic heterocycles. The summed E-state index contributed by atoms with van der Waals surface area (Å²) in [5, 5.41) is 11.7. The summed E-state index contributed by atoms with van der Waals surface area (Å²) in [6.07, 6.45) is 0. The van der Waals surface area contributed by atoms with Gasteiger partial charge in [0.15, 0.2) is 5.78 Å². The lowest BCUT2D eigenvalue weighted by Gasteiger charge is -2.18. The number of benzene rings is 2. The number of aromatic carboxylic acids is 1. The summed E-state index contributed by atoms with van der Waals surface area (Å²) in [6.45, 7) is 0. The van der Waals surface area contributed by atoms with Gasteiger partial charge in [0.2, 0.25) is 0 Å². The predicted octanol–water partition coefficient (Wildman–Crippen LogP) is 1.79. The van der Waals surface area contributed by atoms with E-state index in [9.17, 15) is 14.4 Å². The van der Waals surface area contributed by atoms with Crippen LogP contribution in [0.25, 0.3) is 11.4 Å². The van der Waals surface area contributed by atoms with Crippen LogP contribution in [0.1, 0.15) is 31.8 Å². The molecule has 0 radical (unpaired) electrons. The van der Waals surface area contributed by atoms with Gasteiger partial charge in [-0.05, 0) is 17.7 Å². The quantitative estimate of drug-likeness (QED) is 0.777. The van der Waals surface area contributed by atoms with Crippen molar-refractivity contribution in [1.29, 1.82) is 0 Å². The first kappa shape index (κ1) is 14.9. The predicted molar refractivity (Wildman–Crippen MR) is 90.3 cm³/mol. The summed E-state index contributed by atoms with van der Waals surface area (Å²) < 4.78 is 0. The minimum absolute atomic E-state index is 0.120. The smallest absolute Gasteiger partial charge is 0.335 e. The van der Waals surface area contributed by atoms with Crippen LogP contribution in [0.2, 0.25) is 0 Å². The third-order valence-electron chi connectivity index (χ3n) is 4.34. The second kappa shape index (κ2) is 5.17. The maximum Gasteiger partial charge on any atom is 0.335 e. The number of hydrogen-bond donors (Lipinski definition) is 3. The maximum absolute atomic E-state index is 12.9. The highest BCUT2D eigenvalue weighted by Gasteiger charge is 2.39. The molecule has 1 aliphatic heterocycles. The normalized spacial score (nSPS) is 15.8. The molecule has 1 heterocycles. The Balaban J connectivity index is 1.94. The van der Waals surface area contributed by atoms with E-state index in [0.29, 0.717) is 22.4 Å². The first-order chi connectivity index (χ1) is 12.0. The maximum atomic E-state index is 12.9. The van der Waals surface area contributed by atoms with E-state index in [2.05, 4.69) is 5.32 Å². The van der Waals surface area contributed by atoms with Crippen LogP contribution in [0.5, 0.6) is 0 Å². The zero-order valence-corrected chi connectivity index (χ0v) is 12.9. The Bertz CT molecular complexity index is 1030. The van der Waals surface area contributed by atoms with Gasteiger partial charge in [-0.25, -0.2) is 4.79 Å². The van der Waals surface area contributed by atoms with Crippen molar-refractivity contribution >= 4 is 29.1 Å². The van der Waals surface area contributed by atoms with Gasteiger partial charge in [-0.15, -0.1) is 0 Å². The van der Waals surface area contributed by atoms with E-state index in [4.69, 9.17) is 10.8 Å². The average molecular weight is 332 g/mol. The molecule has 2 aromatic rings. The summed E-state index contributed by atoms with van der Waals surface area (Å²) >= 11 is 0. The van der Waals surface area contributed by atoms with Crippen molar-refractivity contribution in [3.8, 4) is 0 Å². The molecule has 2 aromatic carbocycles. The fraction of sp³-hybridized carbons (Fsp3) is 0. The van der Waals surface area contributed by atoms with E-state index in [-0.39, 0.29) is 28.2 Å². The van der Waals surface area contributed by atoms with Gasteiger partial charge in [-0.3, -0.25) is 9.59 Å². The van der Waals surface area contributed by atoms with Crippen molar-refractivity contribution < 1.29 is 19.5 Å². The second-order valence-electron chi connectivity index (χ2n) is 5.75. The number of carbonyl (C=O) groups excluding carboxylic acids is 2. The summed E-state index contributed by atoms with van der Waals surface area (Å²) in [7, 11) is 0. The van der Waals surface area contributed by atoms with Crippen LogP contribution < -0.4 is 11.1 Å². The molecule has 4 rings (SSSR count). The molecule has 4 N–H and O–H groups in total. The van der Waals surface area contributed by atoms with Gasteiger partial charge in [0.05, 0.1) is 28.1 Å². The monoisotopic (exact) mass is 332 g/mol. The minimum Gasteiger partial charge on any atom is -0.478 e. The number of carboxylic acid groups (broad SMARTS) is 1. The van der Waals surface area contributed by atoms with E-state index in [1.165, 1.54) is 12.1 Å². The number of amides is 1. The number of nitrogens with one attached hydrogen (secondary N) is 1. The molecule has 6 heteroatoms. The summed E-state index contributed by atoms with van der Waals surface area (Å²) in [5.74, 6) is -1.77. The van der Waals surface area contributed by atoms with Crippen molar-refractivity contribution in [3.63, 3.8) is 0 Å². The van der Waals surface area contributed by atoms with Crippen molar-refractivity contribution in [2.24, 2.45) is 5.73 Å². The fourth-order valence-electron chi connectivity index (χ4n) is 3.14. The molecule has 6 nitrogen and oxygen atoms in total. The molecule has 2 aliphatic rings. The standard InChI is InChI=1S/C19H12N2O4/c20-15-11-3-1-2-4-12(11)17(22)14-13(15)18(23)21-16(14)9-5-7-10(8-6-9)19(24)25/h1-8H,20H2,(H,21,23)(H,24,25). The van der Waals surface area contributed by atoms with Gasteiger partial charge >= 0.3 is 5.97 Å². The molecule has 1 aliphatic carbocycles. The van der Waals surface area contributed by atoms with Crippen LogP contribution in [0, 0.1) is 0 Å². The molecule has 0 atom stereocenters. The van der Waals surface area contributed by atoms with Gasteiger partial charge in [0.25, 0.3) is 5.91 Å². The topological polar surface area (TPSA) is 109 Å². The highest BCUT2D eigenvalue weighted by Crippen LogP contribution is 2.39. The van der Waals surface area contributed by atoms with Gasteiger partial charge in [0.1, 0.15) is 0 Å². The zero-order valence-electron chi connectivity index (χ0n) is 12.9. The van der Waals surface area contributed by atoms with Crippen molar-refractivity contribution in [2.75, 3.05) is 0 Å². The number of ketones is 1. The number of Topliss-reactive ketones (excluding diaryl/α,β-unsaturated/α-hetero) is 1. The number of hydrogen-bond acceptors (Lipinski definition) is 4. The first-order valence-corrected chi connectivity index (χ1v) is 7.52. The number of nitrogens with two attached hydrogens (primary N) is 1. The summed E-state index contributed by atoms with van der Waals surface area (Å²) in [5.41, 5.74) is 8.80. The fourth-order valence-corrected chi connectivity index (χ4v) is 3.14. The van der Waals surface area contributed by atoms with Crippen LogP contribution in [0.4, 0.5) is 0 Å².